The summed E-state index contributed by atoms with van der Waals surface area (Å²) in [5.74, 6) is 0. The van der Waals surface area contributed by atoms with E-state index in [1.807, 2.05) is 31.3 Å². The molecule has 0 aliphatic carbocycles. The molecule has 1 unspecified atom stereocenters. The maximum atomic E-state index is 6.05. The van der Waals surface area contributed by atoms with Gasteiger partial charge in [0.15, 0.2) is 0 Å². The summed E-state index contributed by atoms with van der Waals surface area (Å²) in [5.41, 5.74) is 2.35. The number of fused-ring (bicyclic) bond motifs is 1. The second-order valence-corrected chi connectivity index (χ2v) is 6.65. The summed E-state index contributed by atoms with van der Waals surface area (Å²) in [5, 5.41) is 5.36. The second-order valence-electron chi connectivity index (χ2n) is 5.10. The third kappa shape index (κ3) is 3.62. The van der Waals surface area contributed by atoms with Crippen molar-refractivity contribution in [2.24, 2.45) is 0 Å². The minimum absolute atomic E-state index is 0.365. The highest BCUT2D eigenvalue weighted by Gasteiger charge is 2.12. The molecule has 0 aliphatic heterocycles. The number of hydrogen-bond donors (Lipinski definition) is 1. The molecule has 2 nitrogen and oxygen atoms in total. The summed E-state index contributed by atoms with van der Waals surface area (Å²) < 4.78 is 1.25. The van der Waals surface area contributed by atoms with Crippen LogP contribution in [0.3, 0.4) is 0 Å². The molecule has 108 valence electrons. The highest BCUT2D eigenvalue weighted by Crippen LogP contribution is 2.23. The van der Waals surface area contributed by atoms with Crippen LogP contribution in [0.1, 0.15) is 10.6 Å². The quantitative estimate of drug-likeness (QED) is 0.758. The molecule has 0 saturated heterocycles. The zero-order valence-electron chi connectivity index (χ0n) is 11.8. The van der Waals surface area contributed by atoms with Crippen molar-refractivity contribution in [3.8, 4) is 0 Å². The lowest BCUT2D eigenvalue weighted by Crippen LogP contribution is -2.29. The van der Waals surface area contributed by atoms with Crippen molar-refractivity contribution in [2.75, 3.05) is 7.05 Å². The number of aromatic nitrogens is 1. The summed E-state index contributed by atoms with van der Waals surface area (Å²) >= 11 is 7.83. The Labute approximate surface area is 133 Å². The number of likely N-dealkylation sites (N-methyl/N-ethyl adjacent to an activating group) is 1. The van der Waals surface area contributed by atoms with Gasteiger partial charge in [-0.25, -0.2) is 4.98 Å². The predicted molar refractivity (Wildman–Crippen MR) is 91.3 cm³/mol. The van der Waals surface area contributed by atoms with E-state index in [9.17, 15) is 0 Å². The molecule has 0 amide bonds. The molecule has 1 atom stereocenters. The van der Waals surface area contributed by atoms with Gasteiger partial charge < -0.3 is 5.32 Å². The zero-order chi connectivity index (χ0) is 14.7. The Balaban J connectivity index is 1.74. The average molecular weight is 317 g/mol. The molecule has 1 heterocycles. The van der Waals surface area contributed by atoms with Crippen LogP contribution in [0.15, 0.2) is 48.5 Å². The monoisotopic (exact) mass is 316 g/mol. The summed E-state index contributed by atoms with van der Waals surface area (Å²) in [6, 6.07) is 16.7. The number of nitrogens with one attached hydrogen (secondary N) is 1. The molecule has 4 heteroatoms. The molecule has 0 saturated carbocycles. The third-order valence-electron chi connectivity index (χ3n) is 3.54. The number of para-hydroxylation sites is 1. The summed E-state index contributed by atoms with van der Waals surface area (Å²) in [7, 11) is 2.00. The van der Waals surface area contributed by atoms with Gasteiger partial charge in [-0.3, -0.25) is 0 Å². The molecular formula is C17H17ClN2S. The molecule has 0 fully saturated rings. The lowest BCUT2D eigenvalue weighted by molar-refractivity contribution is 0.555. The Bertz CT molecular complexity index is 705. The minimum atomic E-state index is 0.365. The van der Waals surface area contributed by atoms with Crippen molar-refractivity contribution in [3.63, 3.8) is 0 Å². The van der Waals surface area contributed by atoms with Crippen LogP contribution in [0.25, 0.3) is 10.2 Å². The van der Waals surface area contributed by atoms with Crippen LogP contribution in [0, 0.1) is 0 Å². The van der Waals surface area contributed by atoms with E-state index >= 15 is 0 Å². The molecule has 1 aromatic heterocycles. The number of rotatable bonds is 5. The first-order chi connectivity index (χ1) is 10.2. The van der Waals surface area contributed by atoms with E-state index in [-0.39, 0.29) is 0 Å². The van der Waals surface area contributed by atoms with Gasteiger partial charge in [0.2, 0.25) is 0 Å². The maximum absolute atomic E-state index is 6.05. The van der Waals surface area contributed by atoms with Gasteiger partial charge in [0, 0.05) is 17.5 Å². The molecular weight excluding hydrogens is 300 g/mol. The van der Waals surface area contributed by atoms with Gasteiger partial charge in [0.1, 0.15) is 0 Å². The van der Waals surface area contributed by atoms with Crippen LogP contribution in [0.2, 0.25) is 5.02 Å². The van der Waals surface area contributed by atoms with Crippen LogP contribution in [0.5, 0.6) is 0 Å². The molecule has 0 spiro atoms. The Morgan fingerprint density at radius 2 is 2.00 bits per heavy atom. The lowest BCUT2D eigenvalue weighted by atomic mass is 10.0. The van der Waals surface area contributed by atoms with Crippen molar-refractivity contribution in [1.82, 2.24) is 10.3 Å². The molecule has 0 radical (unpaired) electrons. The van der Waals surface area contributed by atoms with E-state index < -0.39 is 0 Å². The standard InChI is InChI=1S/C17H17ClN2S/c1-19-14(10-12-5-4-6-13(18)9-12)11-17-20-15-7-2-3-8-16(15)21-17/h2-9,14,19H,10-11H2,1H3. The van der Waals surface area contributed by atoms with E-state index in [1.54, 1.807) is 11.3 Å². The number of thiazole rings is 1. The molecule has 3 aromatic rings. The Morgan fingerprint density at radius 3 is 2.76 bits per heavy atom. The summed E-state index contributed by atoms with van der Waals surface area (Å²) in [6.07, 6.45) is 1.88. The van der Waals surface area contributed by atoms with Crippen molar-refractivity contribution in [3.05, 3.63) is 64.1 Å². The number of nitrogens with zero attached hydrogens (tertiary/aromatic N) is 1. The van der Waals surface area contributed by atoms with Crippen LogP contribution in [-0.2, 0) is 12.8 Å². The molecule has 0 aliphatic rings. The minimum Gasteiger partial charge on any atom is -0.316 e. The zero-order valence-corrected chi connectivity index (χ0v) is 13.4. The normalized spacial score (nSPS) is 12.7. The molecule has 21 heavy (non-hydrogen) atoms. The van der Waals surface area contributed by atoms with E-state index in [0.717, 1.165) is 23.4 Å². The van der Waals surface area contributed by atoms with Crippen LogP contribution in [0.4, 0.5) is 0 Å². The van der Waals surface area contributed by atoms with E-state index in [0.29, 0.717) is 6.04 Å². The highest BCUT2D eigenvalue weighted by atomic mass is 35.5. The van der Waals surface area contributed by atoms with Gasteiger partial charge in [-0.05, 0) is 43.3 Å². The van der Waals surface area contributed by atoms with Crippen molar-refractivity contribution >= 4 is 33.2 Å². The van der Waals surface area contributed by atoms with Crippen LogP contribution < -0.4 is 5.32 Å². The maximum Gasteiger partial charge on any atom is 0.0954 e. The fourth-order valence-electron chi connectivity index (χ4n) is 2.44. The number of halogens is 1. The van der Waals surface area contributed by atoms with Crippen molar-refractivity contribution in [1.29, 1.82) is 0 Å². The first kappa shape index (κ1) is 14.5. The topological polar surface area (TPSA) is 24.9 Å². The van der Waals surface area contributed by atoms with E-state index in [4.69, 9.17) is 16.6 Å². The predicted octanol–water partition coefficient (Wildman–Crippen LogP) is 4.32. The van der Waals surface area contributed by atoms with Gasteiger partial charge >= 0.3 is 0 Å². The molecule has 1 N–H and O–H groups in total. The van der Waals surface area contributed by atoms with Crippen molar-refractivity contribution < 1.29 is 0 Å². The summed E-state index contributed by atoms with van der Waals surface area (Å²) in [4.78, 5) is 4.71. The third-order valence-corrected chi connectivity index (χ3v) is 4.83. The number of benzene rings is 2. The van der Waals surface area contributed by atoms with Crippen LogP contribution in [-0.4, -0.2) is 18.1 Å². The van der Waals surface area contributed by atoms with Gasteiger partial charge in [-0.2, -0.15) is 0 Å². The van der Waals surface area contributed by atoms with Gasteiger partial charge in [-0.15, -0.1) is 11.3 Å². The first-order valence-electron chi connectivity index (χ1n) is 7.01. The van der Waals surface area contributed by atoms with Crippen molar-refractivity contribution in [2.45, 2.75) is 18.9 Å². The Hall–Kier alpha value is -1.42. The smallest absolute Gasteiger partial charge is 0.0954 e. The Morgan fingerprint density at radius 1 is 1.14 bits per heavy atom. The lowest BCUT2D eigenvalue weighted by Gasteiger charge is -2.14. The van der Waals surface area contributed by atoms with Gasteiger partial charge in [0.05, 0.1) is 15.2 Å². The van der Waals surface area contributed by atoms with E-state index in [2.05, 4.69) is 29.6 Å². The molecule has 0 bridgehead atoms. The molecule has 3 rings (SSSR count). The first-order valence-corrected chi connectivity index (χ1v) is 8.20. The fraction of sp³-hybridized carbons (Fsp3) is 0.235. The van der Waals surface area contributed by atoms with Crippen LogP contribution >= 0.6 is 22.9 Å². The largest absolute Gasteiger partial charge is 0.316 e. The Kier molecular flexibility index (Phi) is 4.54. The van der Waals surface area contributed by atoms with E-state index in [1.165, 1.54) is 15.3 Å². The summed E-state index contributed by atoms with van der Waals surface area (Å²) in [6.45, 7) is 0. The average Bonchev–Trinajstić information content (AvgIpc) is 2.89. The SMILES string of the molecule is CNC(Cc1cccc(Cl)c1)Cc1nc2ccccc2s1. The molecule has 2 aromatic carbocycles. The highest BCUT2D eigenvalue weighted by molar-refractivity contribution is 7.18. The fourth-order valence-corrected chi connectivity index (χ4v) is 3.70. The van der Waals surface area contributed by atoms with Gasteiger partial charge in [-0.1, -0.05) is 35.9 Å². The number of hydrogen-bond acceptors (Lipinski definition) is 3. The van der Waals surface area contributed by atoms with Gasteiger partial charge in [0.25, 0.3) is 0 Å². The second kappa shape index (κ2) is 6.56.